The van der Waals surface area contributed by atoms with Crippen LogP contribution < -0.4 is 20.7 Å². The van der Waals surface area contributed by atoms with Gasteiger partial charge in [-0.25, -0.2) is 4.98 Å². The predicted octanol–water partition coefficient (Wildman–Crippen LogP) is 2.89. The molecule has 0 saturated carbocycles. The zero-order valence-electron chi connectivity index (χ0n) is 14.1. The molecular weight excluding hydrogens is 399 g/mol. The van der Waals surface area contributed by atoms with Gasteiger partial charge < -0.3 is 15.8 Å². The molecule has 3 rings (SSSR count). The lowest BCUT2D eigenvalue weighted by Crippen LogP contribution is -2.23. The number of nitrogen functional groups attached to an aromatic ring is 1. The second kappa shape index (κ2) is 9.61. The first-order valence-corrected chi connectivity index (χ1v) is 8.43. The average Bonchev–Trinajstić information content (AvgIpc) is 3.18. The third-order valence-electron chi connectivity index (χ3n) is 3.72. The number of nitrogens with zero attached hydrogens (tertiary/aromatic N) is 2. The van der Waals surface area contributed by atoms with Crippen molar-refractivity contribution < 1.29 is 14.3 Å². The normalized spacial score (nSPS) is 13.0. The number of halogens is 2. The second-order valence-corrected chi connectivity index (χ2v) is 6.29. The Morgan fingerprint density at radius 1 is 1.42 bits per heavy atom. The lowest BCUT2D eigenvalue weighted by atomic mass is 10.2. The van der Waals surface area contributed by atoms with Gasteiger partial charge in [0, 0.05) is 24.4 Å². The maximum absolute atomic E-state index is 12.2. The topological polar surface area (TPSA) is 97.5 Å². The van der Waals surface area contributed by atoms with Crippen molar-refractivity contribution in [2.24, 2.45) is 0 Å². The van der Waals surface area contributed by atoms with Crippen LogP contribution in [-0.2, 0) is 16.0 Å². The largest absolute Gasteiger partial charge is 0.497 e. The summed E-state index contributed by atoms with van der Waals surface area (Å²) in [5, 5.41) is 5.22. The number of amides is 2. The summed E-state index contributed by atoms with van der Waals surface area (Å²) in [6.45, 7) is 0.693. The number of hydrogen-bond acceptors (Lipinski definition) is 6. The Balaban J connectivity index is 0.00000169. The molecule has 1 saturated heterocycles. The molecule has 1 fully saturated rings. The quantitative estimate of drug-likeness (QED) is 0.727. The van der Waals surface area contributed by atoms with E-state index in [0.29, 0.717) is 40.9 Å². The number of carbonyl (C=O) groups is 2. The Hall–Kier alpha value is -2.03. The zero-order valence-corrected chi connectivity index (χ0v) is 16.5. The molecule has 7 nitrogen and oxygen atoms in total. The number of hydrogen-bond donors (Lipinski definition) is 2. The maximum atomic E-state index is 12.2. The van der Waals surface area contributed by atoms with Crippen LogP contribution in [0.4, 0.5) is 16.5 Å². The fourth-order valence-corrected chi connectivity index (χ4v) is 3.35. The summed E-state index contributed by atoms with van der Waals surface area (Å²) in [6.07, 6.45) is 1.53. The van der Waals surface area contributed by atoms with Crippen LogP contribution in [0.1, 0.15) is 18.5 Å². The third-order valence-corrected chi connectivity index (χ3v) is 4.63. The van der Waals surface area contributed by atoms with Gasteiger partial charge in [0.25, 0.3) is 0 Å². The van der Waals surface area contributed by atoms with Crippen LogP contribution in [0.3, 0.4) is 0 Å². The lowest BCUT2D eigenvalue weighted by Gasteiger charge is -2.10. The number of anilines is 3. The van der Waals surface area contributed by atoms with E-state index in [2.05, 4.69) is 10.3 Å². The summed E-state index contributed by atoms with van der Waals surface area (Å²) in [5.74, 6) is 0.479. The number of methoxy groups -OCH3 is 1. The summed E-state index contributed by atoms with van der Waals surface area (Å²) in [4.78, 5) is 30.0. The van der Waals surface area contributed by atoms with Gasteiger partial charge in [0.1, 0.15) is 5.75 Å². The van der Waals surface area contributed by atoms with E-state index in [9.17, 15) is 9.59 Å². The molecule has 2 heterocycles. The van der Waals surface area contributed by atoms with Crippen LogP contribution in [-0.4, -0.2) is 30.5 Å². The van der Waals surface area contributed by atoms with Gasteiger partial charge in [-0.15, -0.1) is 36.2 Å². The number of nitrogens with one attached hydrogen (secondary N) is 1. The molecule has 2 amide bonds. The molecule has 0 radical (unpaired) electrons. The SMILES string of the molecule is COc1ccc(N)c(NC(=O)Cc2csc(N3CCCC3=O)n2)c1.Cl.Cl. The summed E-state index contributed by atoms with van der Waals surface area (Å²) in [7, 11) is 1.55. The number of ether oxygens (including phenoxy) is 1. The van der Waals surface area contributed by atoms with Crippen LogP contribution in [0, 0.1) is 0 Å². The molecule has 1 aromatic heterocycles. The number of aromatic nitrogens is 1. The van der Waals surface area contributed by atoms with Crippen molar-refractivity contribution in [3.05, 3.63) is 29.3 Å². The molecule has 0 bridgehead atoms. The van der Waals surface area contributed by atoms with Crippen molar-refractivity contribution in [1.82, 2.24) is 4.98 Å². The van der Waals surface area contributed by atoms with Crippen molar-refractivity contribution in [1.29, 1.82) is 0 Å². The Kier molecular flexibility index (Phi) is 8.13. The predicted molar refractivity (Wildman–Crippen MR) is 108 cm³/mol. The smallest absolute Gasteiger partial charge is 0.230 e. The minimum absolute atomic E-state index is 0. The molecule has 1 aliphatic rings. The van der Waals surface area contributed by atoms with Gasteiger partial charge in [0.05, 0.1) is 30.6 Å². The molecule has 142 valence electrons. The molecule has 2 aromatic rings. The van der Waals surface area contributed by atoms with E-state index in [1.807, 2.05) is 0 Å². The summed E-state index contributed by atoms with van der Waals surface area (Å²) < 4.78 is 5.13. The summed E-state index contributed by atoms with van der Waals surface area (Å²) in [6, 6.07) is 5.07. The molecule has 0 unspecified atom stereocenters. The highest BCUT2D eigenvalue weighted by molar-refractivity contribution is 7.14. The summed E-state index contributed by atoms with van der Waals surface area (Å²) in [5.41, 5.74) is 7.46. The van der Waals surface area contributed by atoms with Crippen molar-refractivity contribution in [2.75, 3.05) is 29.6 Å². The molecule has 0 aliphatic carbocycles. The Bertz CT molecular complexity index is 785. The van der Waals surface area contributed by atoms with E-state index in [1.54, 1.807) is 35.6 Å². The van der Waals surface area contributed by atoms with Gasteiger partial charge in [-0.2, -0.15) is 0 Å². The molecule has 3 N–H and O–H groups in total. The average molecular weight is 419 g/mol. The highest BCUT2D eigenvalue weighted by Crippen LogP contribution is 2.27. The number of benzene rings is 1. The minimum Gasteiger partial charge on any atom is -0.497 e. The van der Waals surface area contributed by atoms with E-state index in [4.69, 9.17) is 10.5 Å². The van der Waals surface area contributed by atoms with E-state index in [0.717, 1.165) is 6.42 Å². The molecule has 0 spiro atoms. The number of rotatable bonds is 5. The van der Waals surface area contributed by atoms with E-state index < -0.39 is 0 Å². The van der Waals surface area contributed by atoms with E-state index in [-0.39, 0.29) is 43.0 Å². The second-order valence-electron chi connectivity index (χ2n) is 5.45. The van der Waals surface area contributed by atoms with Gasteiger partial charge in [-0.05, 0) is 18.6 Å². The molecule has 26 heavy (non-hydrogen) atoms. The zero-order chi connectivity index (χ0) is 17.1. The number of nitrogens with two attached hydrogens (primary N) is 1. The first-order valence-electron chi connectivity index (χ1n) is 7.55. The van der Waals surface area contributed by atoms with Crippen LogP contribution in [0.2, 0.25) is 0 Å². The monoisotopic (exact) mass is 418 g/mol. The molecule has 1 aromatic carbocycles. The molecule has 1 aliphatic heterocycles. The van der Waals surface area contributed by atoms with Crippen LogP contribution in [0.5, 0.6) is 5.75 Å². The van der Waals surface area contributed by atoms with Gasteiger partial charge >= 0.3 is 0 Å². The van der Waals surface area contributed by atoms with E-state index in [1.165, 1.54) is 11.3 Å². The van der Waals surface area contributed by atoms with Crippen LogP contribution >= 0.6 is 36.2 Å². The molecule has 10 heteroatoms. The first kappa shape index (κ1) is 22.0. The van der Waals surface area contributed by atoms with Gasteiger partial charge in [0.15, 0.2) is 5.13 Å². The Labute approximate surface area is 167 Å². The highest BCUT2D eigenvalue weighted by atomic mass is 35.5. The minimum atomic E-state index is -0.223. The van der Waals surface area contributed by atoms with Gasteiger partial charge in [0.2, 0.25) is 11.8 Å². The third kappa shape index (κ3) is 5.00. The molecular formula is C16H20Cl2N4O3S. The maximum Gasteiger partial charge on any atom is 0.230 e. The van der Waals surface area contributed by atoms with Gasteiger partial charge in [-0.3, -0.25) is 14.5 Å². The van der Waals surface area contributed by atoms with Gasteiger partial charge in [-0.1, -0.05) is 0 Å². The number of carbonyl (C=O) groups excluding carboxylic acids is 2. The van der Waals surface area contributed by atoms with Crippen molar-refractivity contribution >= 4 is 64.5 Å². The Morgan fingerprint density at radius 2 is 2.19 bits per heavy atom. The van der Waals surface area contributed by atoms with Crippen molar-refractivity contribution in [3.63, 3.8) is 0 Å². The molecule has 0 atom stereocenters. The standard InChI is InChI=1S/C16H18N4O3S.2ClH/c1-23-11-4-5-12(17)13(8-11)19-14(21)7-10-9-24-16(18-10)20-6-2-3-15(20)22;;/h4-5,8-9H,2-3,6-7,17H2,1H3,(H,19,21);2*1H. The van der Waals surface area contributed by atoms with Crippen molar-refractivity contribution in [2.45, 2.75) is 19.3 Å². The Morgan fingerprint density at radius 3 is 2.85 bits per heavy atom. The fourth-order valence-electron chi connectivity index (χ4n) is 2.48. The fraction of sp³-hybridized carbons (Fsp3) is 0.312. The number of thiazole rings is 1. The van der Waals surface area contributed by atoms with Crippen LogP contribution in [0.15, 0.2) is 23.6 Å². The van der Waals surface area contributed by atoms with E-state index >= 15 is 0 Å². The van der Waals surface area contributed by atoms with Crippen LogP contribution in [0.25, 0.3) is 0 Å². The first-order chi connectivity index (χ1) is 11.6. The highest BCUT2D eigenvalue weighted by Gasteiger charge is 2.24. The van der Waals surface area contributed by atoms with Crippen molar-refractivity contribution in [3.8, 4) is 5.75 Å². The summed E-state index contributed by atoms with van der Waals surface area (Å²) >= 11 is 1.38. The lowest BCUT2D eigenvalue weighted by molar-refractivity contribution is -0.117.